The molecule has 0 unspecified atom stereocenters. The standard InChI is InChI=1S/C22H28ClN3O3/c1-24(2)13-14-29-20-7-8-21(17-3-5-19(23)6-4-17)18(15-20)16-25-9-11-26(12-10-25)22(27)28/h3-8,15H,9-14,16H2,1-2H3,(H,27,28). The zero-order chi connectivity index (χ0) is 20.8. The van der Waals surface area contributed by atoms with Crippen LogP contribution in [0.15, 0.2) is 42.5 Å². The minimum atomic E-state index is -0.845. The summed E-state index contributed by atoms with van der Waals surface area (Å²) in [5.74, 6) is 0.851. The van der Waals surface area contributed by atoms with Crippen molar-refractivity contribution >= 4 is 17.7 Å². The van der Waals surface area contributed by atoms with Gasteiger partial charge in [-0.15, -0.1) is 0 Å². The number of benzene rings is 2. The van der Waals surface area contributed by atoms with Crippen LogP contribution in [0.4, 0.5) is 4.79 Å². The number of ether oxygens (including phenoxy) is 1. The molecule has 1 N–H and O–H groups in total. The second-order valence-electron chi connectivity index (χ2n) is 7.52. The summed E-state index contributed by atoms with van der Waals surface area (Å²) in [6.45, 7) is 4.73. The van der Waals surface area contributed by atoms with E-state index in [1.54, 1.807) is 0 Å². The Morgan fingerprint density at radius 3 is 2.41 bits per heavy atom. The number of amides is 1. The SMILES string of the molecule is CN(C)CCOc1ccc(-c2ccc(Cl)cc2)c(CN2CCN(C(=O)O)CC2)c1. The summed E-state index contributed by atoms with van der Waals surface area (Å²) >= 11 is 6.06. The Hall–Kier alpha value is -2.28. The van der Waals surface area contributed by atoms with E-state index in [0.717, 1.165) is 43.1 Å². The van der Waals surface area contributed by atoms with Crippen molar-refractivity contribution in [3.05, 3.63) is 53.1 Å². The Morgan fingerprint density at radius 1 is 1.10 bits per heavy atom. The average molecular weight is 418 g/mol. The quantitative estimate of drug-likeness (QED) is 0.743. The number of hydrogen-bond donors (Lipinski definition) is 1. The lowest BCUT2D eigenvalue weighted by molar-refractivity contribution is 0.103. The molecule has 1 amide bonds. The van der Waals surface area contributed by atoms with Gasteiger partial charge < -0.3 is 19.6 Å². The molecule has 1 fully saturated rings. The van der Waals surface area contributed by atoms with Crippen LogP contribution < -0.4 is 4.74 Å². The normalized spacial score (nSPS) is 15.0. The molecule has 0 aromatic heterocycles. The van der Waals surface area contributed by atoms with Crippen molar-refractivity contribution in [2.24, 2.45) is 0 Å². The van der Waals surface area contributed by atoms with Crippen LogP contribution in [-0.2, 0) is 6.54 Å². The summed E-state index contributed by atoms with van der Waals surface area (Å²) in [7, 11) is 4.05. The summed E-state index contributed by atoms with van der Waals surface area (Å²) in [4.78, 5) is 17.0. The van der Waals surface area contributed by atoms with Crippen molar-refractivity contribution < 1.29 is 14.6 Å². The highest BCUT2D eigenvalue weighted by atomic mass is 35.5. The van der Waals surface area contributed by atoms with E-state index in [4.69, 9.17) is 21.4 Å². The molecule has 0 spiro atoms. The van der Waals surface area contributed by atoms with Crippen molar-refractivity contribution in [3.8, 4) is 16.9 Å². The Bertz CT molecular complexity index is 819. The van der Waals surface area contributed by atoms with Crippen LogP contribution in [0.5, 0.6) is 5.75 Å². The van der Waals surface area contributed by atoms with Crippen LogP contribution in [0.2, 0.25) is 5.02 Å². The van der Waals surface area contributed by atoms with Crippen molar-refractivity contribution in [1.29, 1.82) is 0 Å². The lowest BCUT2D eigenvalue weighted by Crippen LogP contribution is -2.47. The first kappa shape index (κ1) is 21.4. The molecule has 156 valence electrons. The first-order valence-corrected chi connectivity index (χ1v) is 10.2. The maximum Gasteiger partial charge on any atom is 0.407 e. The smallest absolute Gasteiger partial charge is 0.407 e. The van der Waals surface area contributed by atoms with Gasteiger partial charge in [0.15, 0.2) is 0 Å². The van der Waals surface area contributed by atoms with Gasteiger partial charge >= 0.3 is 6.09 Å². The molecular formula is C22H28ClN3O3. The van der Waals surface area contributed by atoms with Gasteiger partial charge in [-0.05, 0) is 55.1 Å². The third-order valence-corrected chi connectivity index (χ3v) is 5.33. The molecular weight excluding hydrogens is 390 g/mol. The topological polar surface area (TPSA) is 56.2 Å². The zero-order valence-electron chi connectivity index (χ0n) is 17.0. The molecule has 0 bridgehead atoms. The first-order chi connectivity index (χ1) is 13.9. The van der Waals surface area contributed by atoms with E-state index < -0.39 is 6.09 Å². The van der Waals surface area contributed by atoms with Crippen LogP contribution in [0, 0.1) is 0 Å². The van der Waals surface area contributed by atoms with E-state index in [2.05, 4.69) is 21.9 Å². The summed E-state index contributed by atoms with van der Waals surface area (Å²) in [5.41, 5.74) is 3.41. The molecule has 2 aromatic rings. The van der Waals surface area contributed by atoms with E-state index in [-0.39, 0.29) is 0 Å². The van der Waals surface area contributed by atoms with Gasteiger partial charge in [0.1, 0.15) is 12.4 Å². The summed E-state index contributed by atoms with van der Waals surface area (Å²) in [6.07, 6.45) is -0.845. The number of carboxylic acid groups (broad SMARTS) is 1. The molecule has 6 nitrogen and oxygen atoms in total. The highest BCUT2D eigenvalue weighted by molar-refractivity contribution is 6.30. The summed E-state index contributed by atoms with van der Waals surface area (Å²) in [6, 6.07) is 14.0. The monoisotopic (exact) mass is 417 g/mol. The van der Waals surface area contributed by atoms with E-state index in [1.165, 1.54) is 10.5 Å². The summed E-state index contributed by atoms with van der Waals surface area (Å²) < 4.78 is 5.94. The Balaban J connectivity index is 1.78. The lowest BCUT2D eigenvalue weighted by Gasteiger charge is -2.33. The molecule has 29 heavy (non-hydrogen) atoms. The molecule has 1 saturated heterocycles. The predicted octanol–water partition coefficient (Wildman–Crippen LogP) is 3.74. The van der Waals surface area contributed by atoms with E-state index in [9.17, 15) is 4.79 Å². The first-order valence-electron chi connectivity index (χ1n) is 9.79. The molecule has 0 aliphatic carbocycles. The van der Waals surface area contributed by atoms with E-state index in [0.29, 0.717) is 24.7 Å². The van der Waals surface area contributed by atoms with Crippen molar-refractivity contribution in [1.82, 2.24) is 14.7 Å². The molecule has 3 rings (SSSR count). The predicted molar refractivity (Wildman–Crippen MR) is 116 cm³/mol. The molecule has 1 aliphatic rings. The molecule has 2 aromatic carbocycles. The van der Waals surface area contributed by atoms with E-state index >= 15 is 0 Å². The number of likely N-dealkylation sites (N-methyl/N-ethyl adjacent to an activating group) is 1. The fraction of sp³-hybridized carbons (Fsp3) is 0.409. The van der Waals surface area contributed by atoms with Crippen molar-refractivity contribution in [2.45, 2.75) is 6.54 Å². The van der Waals surface area contributed by atoms with E-state index in [1.807, 2.05) is 44.4 Å². The van der Waals surface area contributed by atoms with Crippen LogP contribution >= 0.6 is 11.6 Å². The summed E-state index contributed by atoms with van der Waals surface area (Å²) in [5, 5.41) is 9.88. The minimum absolute atomic E-state index is 0.532. The van der Waals surface area contributed by atoms with Gasteiger partial charge in [0, 0.05) is 44.3 Å². The fourth-order valence-electron chi connectivity index (χ4n) is 3.39. The largest absolute Gasteiger partial charge is 0.492 e. The van der Waals surface area contributed by atoms with Crippen LogP contribution in [0.3, 0.4) is 0 Å². The second-order valence-corrected chi connectivity index (χ2v) is 7.96. The third-order valence-electron chi connectivity index (χ3n) is 5.08. The van der Waals surface area contributed by atoms with Crippen LogP contribution in [-0.4, -0.2) is 79.3 Å². The molecule has 1 heterocycles. The van der Waals surface area contributed by atoms with Gasteiger partial charge in [-0.2, -0.15) is 0 Å². The van der Waals surface area contributed by atoms with Crippen molar-refractivity contribution in [2.75, 3.05) is 53.4 Å². The van der Waals surface area contributed by atoms with Gasteiger partial charge in [0.25, 0.3) is 0 Å². The highest BCUT2D eigenvalue weighted by Crippen LogP contribution is 2.30. The lowest BCUT2D eigenvalue weighted by atomic mass is 9.98. The highest BCUT2D eigenvalue weighted by Gasteiger charge is 2.21. The number of halogens is 1. The zero-order valence-corrected chi connectivity index (χ0v) is 17.7. The fourth-order valence-corrected chi connectivity index (χ4v) is 3.51. The molecule has 0 atom stereocenters. The van der Waals surface area contributed by atoms with Crippen molar-refractivity contribution in [3.63, 3.8) is 0 Å². The molecule has 0 radical (unpaired) electrons. The molecule has 7 heteroatoms. The minimum Gasteiger partial charge on any atom is -0.492 e. The van der Waals surface area contributed by atoms with Crippen LogP contribution in [0.1, 0.15) is 5.56 Å². The molecule has 0 saturated carbocycles. The average Bonchev–Trinajstić information content (AvgIpc) is 2.69. The van der Waals surface area contributed by atoms with Gasteiger partial charge in [0.05, 0.1) is 0 Å². The van der Waals surface area contributed by atoms with Crippen LogP contribution in [0.25, 0.3) is 11.1 Å². The number of rotatable bonds is 7. The maximum atomic E-state index is 11.2. The number of nitrogens with zero attached hydrogens (tertiary/aromatic N) is 3. The van der Waals surface area contributed by atoms with Gasteiger partial charge in [0.2, 0.25) is 0 Å². The molecule has 1 aliphatic heterocycles. The third kappa shape index (κ3) is 6.10. The second kappa shape index (κ2) is 9.96. The van der Waals surface area contributed by atoms with Gasteiger partial charge in [-0.3, -0.25) is 4.90 Å². The maximum absolute atomic E-state index is 11.2. The van der Waals surface area contributed by atoms with Gasteiger partial charge in [-0.1, -0.05) is 29.8 Å². The number of piperazine rings is 1. The van der Waals surface area contributed by atoms with Gasteiger partial charge in [-0.25, -0.2) is 4.79 Å². The Morgan fingerprint density at radius 2 is 1.79 bits per heavy atom. The Kier molecular flexibility index (Phi) is 7.36. The number of hydrogen-bond acceptors (Lipinski definition) is 4. The Labute approximate surface area is 177 Å². The number of carbonyl (C=O) groups is 1.